The minimum absolute atomic E-state index is 0. The van der Waals surface area contributed by atoms with Gasteiger partial charge in [0.15, 0.2) is 9.84 Å². The molecule has 158 valence electrons. The number of carbonyl (C=O) groups is 2. The van der Waals surface area contributed by atoms with Crippen LogP contribution in [0.5, 0.6) is 5.75 Å². The van der Waals surface area contributed by atoms with Gasteiger partial charge in [0.25, 0.3) is 0 Å². The number of nitrogens with zero attached hydrogens (tertiary/aromatic N) is 1. The molecule has 1 aliphatic heterocycles. The van der Waals surface area contributed by atoms with Gasteiger partial charge in [-0.3, -0.25) is 9.59 Å². The van der Waals surface area contributed by atoms with Gasteiger partial charge in [0.2, 0.25) is 11.8 Å². The monoisotopic (exact) mass is 433 g/mol. The van der Waals surface area contributed by atoms with E-state index >= 15 is 0 Å². The maximum atomic E-state index is 12.4. The third kappa shape index (κ3) is 7.29. The van der Waals surface area contributed by atoms with Crippen molar-refractivity contribution in [2.24, 2.45) is 11.7 Å². The molecule has 1 saturated heterocycles. The molecule has 1 aromatic rings. The quantitative estimate of drug-likeness (QED) is 0.619. The molecule has 0 radical (unpaired) electrons. The van der Waals surface area contributed by atoms with Crippen LogP contribution in [-0.2, 0) is 19.4 Å². The number of halogens is 1. The van der Waals surface area contributed by atoms with Gasteiger partial charge in [-0.05, 0) is 37.1 Å². The fraction of sp³-hybridized carbons (Fsp3) is 0.556. The SMILES string of the molecule is CS(=O)(=O)c1ccc(OCCC(=O)N2CCCC(C(=O)NCCN)C2)cc1.Cl. The van der Waals surface area contributed by atoms with E-state index in [1.165, 1.54) is 12.1 Å². The highest BCUT2D eigenvalue weighted by molar-refractivity contribution is 7.90. The van der Waals surface area contributed by atoms with Crippen molar-refractivity contribution in [1.82, 2.24) is 10.2 Å². The number of hydrogen-bond donors (Lipinski definition) is 2. The number of sulfone groups is 1. The number of ether oxygens (including phenoxy) is 1. The summed E-state index contributed by atoms with van der Waals surface area (Å²) in [6.07, 6.45) is 2.90. The standard InChI is InChI=1S/C18H27N3O5S.ClH/c1-27(24,25)16-6-4-15(5-7-16)26-12-8-17(22)21-11-2-3-14(13-21)18(23)20-10-9-19;/h4-7,14H,2-3,8-13,19H2,1H3,(H,20,23);1H. The summed E-state index contributed by atoms with van der Waals surface area (Å²) in [6, 6.07) is 6.09. The molecular formula is C18H28ClN3O5S. The molecule has 1 atom stereocenters. The first kappa shape index (κ1) is 24.2. The second kappa shape index (κ2) is 11.2. The molecule has 0 spiro atoms. The number of hydrogen-bond acceptors (Lipinski definition) is 6. The first-order chi connectivity index (χ1) is 12.8. The Hall–Kier alpha value is -1.84. The van der Waals surface area contributed by atoms with Crippen LogP contribution in [0.1, 0.15) is 19.3 Å². The molecular weight excluding hydrogens is 406 g/mol. The van der Waals surface area contributed by atoms with Crippen LogP contribution in [0.4, 0.5) is 0 Å². The molecule has 3 N–H and O–H groups in total. The van der Waals surface area contributed by atoms with Crippen molar-refractivity contribution in [3.05, 3.63) is 24.3 Å². The maximum absolute atomic E-state index is 12.4. The molecule has 0 bridgehead atoms. The van der Waals surface area contributed by atoms with Gasteiger partial charge in [-0.25, -0.2) is 8.42 Å². The lowest BCUT2D eigenvalue weighted by Crippen LogP contribution is -2.46. The highest BCUT2D eigenvalue weighted by Crippen LogP contribution is 2.18. The van der Waals surface area contributed by atoms with Gasteiger partial charge in [-0.2, -0.15) is 0 Å². The smallest absolute Gasteiger partial charge is 0.226 e. The predicted molar refractivity (Wildman–Crippen MR) is 108 cm³/mol. The van der Waals surface area contributed by atoms with Gasteiger partial charge in [0.05, 0.1) is 23.8 Å². The molecule has 8 nitrogen and oxygen atoms in total. The Morgan fingerprint density at radius 3 is 2.57 bits per heavy atom. The molecule has 1 aliphatic rings. The Morgan fingerprint density at radius 2 is 1.96 bits per heavy atom. The normalized spacial score (nSPS) is 16.8. The number of nitrogens with two attached hydrogens (primary N) is 1. The summed E-state index contributed by atoms with van der Waals surface area (Å²) in [4.78, 5) is 26.3. The van der Waals surface area contributed by atoms with Crippen LogP contribution in [0.15, 0.2) is 29.2 Å². The van der Waals surface area contributed by atoms with Crippen molar-refractivity contribution in [3.63, 3.8) is 0 Å². The van der Waals surface area contributed by atoms with Crippen LogP contribution in [0.2, 0.25) is 0 Å². The maximum Gasteiger partial charge on any atom is 0.226 e. The largest absolute Gasteiger partial charge is 0.493 e. The minimum atomic E-state index is -3.24. The molecule has 1 heterocycles. The molecule has 1 fully saturated rings. The molecule has 28 heavy (non-hydrogen) atoms. The van der Waals surface area contributed by atoms with Crippen LogP contribution in [0, 0.1) is 5.92 Å². The van der Waals surface area contributed by atoms with Crippen molar-refractivity contribution in [2.75, 3.05) is 39.0 Å². The minimum Gasteiger partial charge on any atom is -0.493 e. The van der Waals surface area contributed by atoms with Crippen molar-refractivity contribution < 1.29 is 22.7 Å². The fourth-order valence-electron chi connectivity index (χ4n) is 2.95. The van der Waals surface area contributed by atoms with E-state index in [2.05, 4.69) is 5.32 Å². The lowest BCUT2D eigenvalue weighted by molar-refractivity contribution is -0.136. The van der Waals surface area contributed by atoms with Gasteiger partial charge in [0, 0.05) is 32.4 Å². The van der Waals surface area contributed by atoms with E-state index < -0.39 is 9.84 Å². The van der Waals surface area contributed by atoms with Crippen LogP contribution in [-0.4, -0.2) is 64.2 Å². The predicted octanol–water partition coefficient (Wildman–Crippen LogP) is 0.594. The Labute approximate surface area is 172 Å². The summed E-state index contributed by atoms with van der Waals surface area (Å²) < 4.78 is 28.4. The summed E-state index contributed by atoms with van der Waals surface area (Å²) in [5.74, 6) is 0.200. The van der Waals surface area contributed by atoms with Gasteiger partial charge in [0.1, 0.15) is 5.75 Å². The molecule has 10 heteroatoms. The van der Waals surface area contributed by atoms with Crippen LogP contribution in [0.25, 0.3) is 0 Å². The number of carbonyl (C=O) groups excluding carboxylic acids is 2. The van der Waals surface area contributed by atoms with Crippen molar-refractivity contribution >= 4 is 34.1 Å². The van der Waals surface area contributed by atoms with Crippen molar-refractivity contribution in [2.45, 2.75) is 24.2 Å². The zero-order valence-electron chi connectivity index (χ0n) is 15.9. The molecule has 1 aromatic carbocycles. The lowest BCUT2D eigenvalue weighted by Gasteiger charge is -2.32. The van der Waals surface area contributed by atoms with E-state index in [0.29, 0.717) is 31.9 Å². The zero-order valence-corrected chi connectivity index (χ0v) is 17.6. The number of nitrogens with one attached hydrogen (secondary N) is 1. The molecule has 0 saturated carbocycles. The molecule has 2 rings (SSSR count). The topological polar surface area (TPSA) is 119 Å². The summed E-state index contributed by atoms with van der Waals surface area (Å²) in [5.41, 5.74) is 5.39. The summed E-state index contributed by atoms with van der Waals surface area (Å²) in [6.45, 7) is 2.08. The fourth-order valence-corrected chi connectivity index (χ4v) is 3.59. The van der Waals surface area contributed by atoms with Gasteiger partial charge in [-0.15, -0.1) is 12.4 Å². The second-order valence-electron chi connectivity index (χ2n) is 6.60. The molecule has 2 amide bonds. The first-order valence-electron chi connectivity index (χ1n) is 8.99. The lowest BCUT2D eigenvalue weighted by atomic mass is 9.97. The molecule has 1 unspecified atom stereocenters. The number of benzene rings is 1. The van der Waals surface area contributed by atoms with E-state index in [-0.39, 0.29) is 48.1 Å². The average molecular weight is 434 g/mol. The van der Waals surface area contributed by atoms with E-state index in [1.807, 2.05) is 0 Å². The number of amides is 2. The highest BCUT2D eigenvalue weighted by Gasteiger charge is 2.27. The van der Waals surface area contributed by atoms with E-state index in [9.17, 15) is 18.0 Å². The summed E-state index contributed by atoms with van der Waals surface area (Å²) in [5, 5.41) is 2.77. The zero-order chi connectivity index (χ0) is 19.9. The third-order valence-corrected chi connectivity index (χ3v) is 5.55. The van der Waals surface area contributed by atoms with Crippen molar-refractivity contribution in [3.8, 4) is 5.75 Å². The molecule has 0 aliphatic carbocycles. The van der Waals surface area contributed by atoms with Crippen LogP contribution in [0.3, 0.4) is 0 Å². The Morgan fingerprint density at radius 1 is 1.29 bits per heavy atom. The van der Waals surface area contributed by atoms with Gasteiger partial charge >= 0.3 is 0 Å². The first-order valence-corrected chi connectivity index (χ1v) is 10.9. The highest BCUT2D eigenvalue weighted by atomic mass is 35.5. The van der Waals surface area contributed by atoms with E-state index in [1.54, 1.807) is 17.0 Å². The Balaban J connectivity index is 0.00000392. The Kier molecular flexibility index (Phi) is 9.71. The van der Waals surface area contributed by atoms with Crippen LogP contribution >= 0.6 is 12.4 Å². The number of piperidine rings is 1. The number of likely N-dealkylation sites (tertiary alicyclic amines) is 1. The average Bonchev–Trinajstić information content (AvgIpc) is 2.65. The number of rotatable bonds is 8. The van der Waals surface area contributed by atoms with Crippen molar-refractivity contribution in [1.29, 1.82) is 0 Å². The summed E-state index contributed by atoms with van der Waals surface area (Å²) >= 11 is 0. The van der Waals surface area contributed by atoms with E-state index in [0.717, 1.165) is 19.1 Å². The summed E-state index contributed by atoms with van der Waals surface area (Å²) in [7, 11) is -3.24. The third-order valence-electron chi connectivity index (χ3n) is 4.42. The van der Waals surface area contributed by atoms with E-state index in [4.69, 9.17) is 10.5 Å². The van der Waals surface area contributed by atoms with Gasteiger partial charge < -0.3 is 20.7 Å². The Bertz CT molecular complexity index is 755. The molecule has 0 aromatic heterocycles. The van der Waals surface area contributed by atoms with Crippen LogP contribution < -0.4 is 15.8 Å². The second-order valence-corrected chi connectivity index (χ2v) is 8.62. The van der Waals surface area contributed by atoms with Gasteiger partial charge in [-0.1, -0.05) is 0 Å².